The highest BCUT2D eigenvalue weighted by atomic mass is 16.5. The van der Waals surface area contributed by atoms with E-state index in [1.165, 1.54) is 4.68 Å². The van der Waals surface area contributed by atoms with Crippen molar-refractivity contribution in [3.63, 3.8) is 0 Å². The Balaban J connectivity index is 1.70. The number of benzene rings is 2. The molecule has 31 heavy (non-hydrogen) atoms. The number of rotatable bonds is 7. The molecule has 0 aliphatic carbocycles. The van der Waals surface area contributed by atoms with Gasteiger partial charge in [-0.3, -0.25) is 4.79 Å². The Morgan fingerprint density at radius 1 is 1.16 bits per heavy atom. The maximum Gasteiger partial charge on any atom is 0.248 e. The number of aromatic nitrogens is 4. The number of aryl methyl sites for hydroxylation is 1. The lowest BCUT2D eigenvalue weighted by Gasteiger charge is -2.27. The molecule has 3 aromatic rings. The summed E-state index contributed by atoms with van der Waals surface area (Å²) in [7, 11) is 0. The van der Waals surface area contributed by atoms with Crippen LogP contribution in [0.1, 0.15) is 36.6 Å². The Morgan fingerprint density at radius 2 is 1.97 bits per heavy atom. The molecule has 0 bridgehead atoms. The normalized spacial score (nSPS) is 15.3. The van der Waals surface area contributed by atoms with Gasteiger partial charge in [-0.1, -0.05) is 35.4 Å². The number of allylic oxidation sites excluding steroid dienone is 1. The minimum absolute atomic E-state index is 0.385. The average molecular weight is 420 g/mol. The smallest absolute Gasteiger partial charge is 0.248 e. The summed E-state index contributed by atoms with van der Waals surface area (Å²) in [5.74, 6) is 1.07. The van der Waals surface area contributed by atoms with Crippen LogP contribution in [0.3, 0.4) is 0 Å². The van der Waals surface area contributed by atoms with Crippen LogP contribution in [0.2, 0.25) is 0 Å². The van der Waals surface area contributed by atoms with Gasteiger partial charge in [0, 0.05) is 5.70 Å². The van der Waals surface area contributed by atoms with E-state index in [0.29, 0.717) is 41.9 Å². The van der Waals surface area contributed by atoms with Crippen molar-refractivity contribution in [2.45, 2.75) is 33.4 Å². The predicted molar refractivity (Wildman–Crippen MR) is 115 cm³/mol. The summed E-state index contributed by atoms with van der Waals surface area (Å²) in [5, 5.41) is 14.8. The molecule has 0 saturated carbocycles. The van der Waals surface area contributed by atoms with E-state index in [1.807, 2.05) is 56.3 Å². The van der Waals surface area contributed by atoms with E-state index in [4.69, 9.17) is 15.2 Å². The van der Waals surface area contributed by atoms with Crippen LogP contribution in [-0.2, 0) is 11.4 Å². The summed E-state index contributed by atoms with van der Waals surface area (Å²) in [6.07, 6.45) is 0. The third kappa shape index (κ3) is 3.94. The van der Waals surface area contributed by atoms with Gasteiger partial charge in [-0.2, -0.15) is 4.68 Å². The monoisotopic (exact) mass is 420 g/mol. The molecule has 160 valence electrons. The molecule has 1 aliphatic rings. The topological polar surface area (TPSA) is 117 Å². The van der Waals surface area contributed by atoms with Crippen molar-refractivity contribution in [3.05, 3.63) is 70.4 Å². The summed E-state index contributed by atoms with van der Waals surface area (Å²) < 4.78 is 13.4. The number of amides is 1. The highest BCUT2D eigenvalue weighted by molar-refractivity contribution is 5.95. The molecule has 0 fully saturated rings. The maximum absolute atomic E-state index is 12.2. The lowest BCUT2D eigenvalue weighted by molar-refractivity contribution is -0.115. The van der Waals surface area contributed by atoms with Crippen LogP contribution in [0.25, 0.3) is 0 Å². The van der Waals surface area contributed by atoms with Crippen molar-refractivity contribution >= 4 is 11.9 Å². The van der Waals surface area contributed by atoms with Gasteiger partial charge in [0.2, 0.25) is 11.9 Å². The zero-order valence-electron chi connectivity index (χ0n) is 17.6. The van der Waals surface area contributed by atoms with Gasteiger partial charge in [-0.05, 0) is 60.0 Å². The second-order valence-corrected chi connectivity index (χ2v) is 7.23. The first-order chi connectivity index (χ1) is 15.0. The van der Waals surface area contributed by atoms with Gasteiger partial charge >= 0.3 is 0 Å². The fourth-order valence-corrected chi connectivity index (χ4v) is 3.65. The SMILES string of the molecule is CCOc1cc(C2C(C(N)=O)=C(C)Nc3nnnn32)ccc1OCc1ccccc1C. The summed E-state index contributed by atoms with van der Waals surface area (Å²) in [6, 6.07) is 13.0. The molecule has 0 saturated heterocycles. The highest BCUT2D eigenvalue weighted by Crippen LogP contribution is 2.38. The third-order valence-electron chi connectivity index (χ3n) is 5.21. The van der Waals surface area contributed by atoms with E-state index in [0.717, 1.165) is 16.7 Å². The molecule has 1 aliphatic heterocycles. The minimum atomic E-state index is -0.576. The molecular weight excluding hydrogens is 396 g/mol. The number of carbonyl (C=O) groups excluding carboxylic acids is 1. The number of tetrazole rings is 1. The van der Waals surface area contributed by atoms with E-state index >= 15 is 0 Å². The van der Waals surface area contributed by atoms with Crippen LogP contribution in [0.15, 0.2) is 53.7 Å². The van der Waals surface area contributed by atoms with E-state index < -0.39 is 11.9 Å². The number of fused-ring (bicyclic) bond motifs is 1. The first kappa shape index (κ1) is 20.4. The number of ether oxygens (including phenoxy) is 2. The molecule has 9 nitrogen and oxygen atoms in total. The summed E-state index contributed by atoms with van der Waals surface area (Å²) in [4.78, 5) is 12.2. The Bertz CT molecular complexity index is 1150. The molecule has 1 unspecified atom stereocenters. The van der Waals surface area contributed by atoms with Crippen molar-refractivity contribution in [1.29, 1.82) is 0 Å². The number of hydrogen-bond donors (Lipinski definition) is 2. The van der Waals surface area contributed by atoms with Gasteiger partial charge in [-0.25, -0.2) is 0 Å². The Morgan fingerprint density at radius 3 is 2.71 bits per heavy atom. The van der Waals surface area contributed by atoms with Crippen molar-refractivity contribution < 1.29 is 14.3 Å². The number of nitrogens with two attached hydrogens (primary N) is 1. The van der Waals surface area contributed by atoms with E-state index in [9.17, 15) is 4.79 Å². The zero-order chi connectivity index (χ0) is 22.0. The molecule has 0 spiro atoms. The molecule has 2 aromatic carbocycles. The van der Waals surface area contributed by atoms with Crippen LogP contribution >= 0.6 is 0 Å². The maximum atomic E-state index is 12.2. The van der Waals surface area contributed by atoms with Gasteiger partial charge in [-0.15, -0.1) is 0 Å². The highest BCUT2D eigenvalue weighted by Gasteiger charge is 2.33. The molecule has 0 radical (unpaired) electrons. The van der Waals surface area contributed by atoms with Crippen LogP contribution in [0.5, 0.6) is 11.5 Å². The van der Waals surface area contributed by atoms with Gasteiger partial charge in [0.25, 0.3) is 0 Å². The lowest BCUT2D eigenvalue weighted by Crippen LogP contribution is -2.31. The van der Waals surface area contributed by atoms with Crippen molar-refractivity contribution in [2.75, 3.05) is 11.9 Å². The first-order valence-corrected chi connectivity index (χ1v) is 9.99. The van der Waals surface area contributed by atoms with Crippen LogP contribution in [-0.4, -0.2) is 32.7 Å². The predicted octanol–water partition coefficient (Wildman–Crippen LogP) is 2.73. The van der Waals surface area contributed by atoms with E-state index in [2.05, 4.69) is 20.8 Å². The minimum Gasteiger partial charge on any atom is -0.490 e. The Kier molecular flexibility index (Phi) is 5.57. The molecule has 1 aromatic heterocycles. The number of primary amides is 1. The summed E-state index contributed by atoms with van der Waals surface area (Å²) >= 11 is 0. The molecule has 3 N–H and O–H groups in total. The Labute approximate surface area is 179 Å². The largest absolute Gasteiger partial charge is 0.490 e. The van der Waals surface area contributed by atoms with E-state index in [-0.39, 0.29) is 0 Å². The fraction of sp³-hybridized carbons (Fsp3) is 0.273. The van der Waals surface area contributed by atoms with Crippen molar-refractivity contribution in [2.24, 2.45) is 5.73 Å². The lowest BCUT2D eigenvalue weighted by atomic mass is 9.95. The number of carbonyl (C=O) groups is 1. The average Bonchev–Trinajstić information content (AvgIpc) is 3.21. The first-order valence-electron chi connectivity index (χ1n) is 9.99. The van der Waals surface area contributed by atoms with Crippen LogP contribution in [0.4, 0.5) is 5.95 Å². The number of anilines is 1. The molecule has 2 heterocycles. The van der Waals surface area contributed by atoms with Crippen LogP contribution < -0.4 is 20.5 Å². The number of nitrogens with one attached hydrogen (secondary N) is 1. The molecule has 1 amide bonds. The second kappa shape index (κ2) is 8.47. The van der Waals surface area contributed by atoms with Crippen molar-refractivity contribution in [1.82, 2.24) is 20.2 Å². The summed E-state index contributed by atoms with van der Waals surface area (Å²) in [5.41, 5.74) is 9.70. The standard InChI is InChI=1S/C22H24N6O3/c1-4-30-18-11-15(9-10-17(18)31-12-16-8-6-5-7-13(16)2)20-19(21(23)29)14(3)24-22-25-26-27-28(20)22/h5-11,20H,4,12H2,1-3H3,(H2,23,29)(H,24,25,27). The van der Waals surface area contributed by atoms with Crippen molar-refractivity contribution in [3.8, 4) is 11.5 Å². The summed E-state index contributed by atoms with van der Waals surface area (Å²) in [6.45, 7) is 6.60. The molecular formula is C22H24N6O3. The number of nitrogens with zero attached hydrogens (tertiary/aromatic N) is 4. The van der Waals surface area contributed by atoms with Gasteiger partial charge in [0.15, 0.2) is 11.5 Å². The fourth-order valence-electron chi connectivity index (χ4n) is 3.65. The molecule has 1 atom stereocenters. The van der Waals surface area contributed by atoms with E-state index in [1.54, 1.807) is 6.92 Å². The molecule has 4 rings (SSSR count). The van der Waals surface area contributed by atoms with Gasteiger partial charge < -0.3 is 20.5 Å². The van der Waals surface area contributed by atoms with Gasteiger partial charge in [0.1, 0.15) is 12.6 Å². The second-order valence-electron chi connectivity index (χ2n) is 7.23. The Hall–Kier alpha value is -3.88. The quantitative estimate of drug-likeness (QED) is 0.603. The molecule has 9 heteroatoms. The zero-order valence-corrected chi connectivity index (χ0v) is 17.6. The van der Waals surface area contributed by atoms with Gasteiger partial charge in [0.05, 0.1) is 12.2 Å². The third-order valence-corrected chi connectivity index (χ3v) is 5.21. The van der Waals surface area contributed by atoms with Crippen LogP contribution in [0, 0.1) is 6.92 Å². The number of hydrogen-bond acceptors (Lipinski definition) is 7.